The second kappa shape index (κ2) is 7.70. The number of aromatic nitrogens is 4. The summed E-state index contributed by atoms with van der Waals surface area (Å²) in [5, 5.41) is 8.35. The van der Waals surface area contributed by atoms with Crippen molar-refractivity contribution in [1.82, 2.24) is 19.9 Å². The second-order valence-electron chi connectivity index (χ2n) is 5.93. The summed E-state index contributed by atoms with van der Waals surface area (Å²) < 4.78 is 11.8. The van der Waals surface area contributed by atoms with E-state index in [1.165, 1.54) is 5.56 Å². The molecule has 7 nitrogen and oxygen atoms in total. The zero-order valence-electron chi connectivity index (χ0n) is 14.8. The van der Waals surface area contributed by atoms with Crippen LogP contribution < -0.4 is 0 Å². The maximum absolute atomic E-state index is 12.4. The molecule has 136 valence electrons. The van der Waals surface area contributed by atoms with Gasteiger partial charge in [-0.2, -0.15) is 10.1 Å². The number of hydrogen-bond donors (Lipinski definition) is 0. The Morgan fingerprint density at radius 2 is 2.00 bits per heavy atom. The second-order valence-corrected chi connectivity index (χ2v) is 6.29. The van der Waals surface area contributed by atoms with Crippen LogP contribution in [0.2, 0.25) is 5.15 Å². The largest absolute Gasteiger partial charge is 0.452 e. The van der Waals surface area contributed by atoms with Crippen LogP contribution in [0.5, 0.6) is 0 Å². The molecule has 0 fully saturated rings. The van der Waals surface area contributed by atoms with Gasteiger partial charge in [0.1, 0.15) is 10.7 Å². The molecule has 0 saturated carbocycles. The molecule has 0 atom stereocenters. The zero-order valence-corrected chi connectivity index (χ0v) is 15.6. The Balaban J connectivity index is 1.72. The lowest BCUT2D eigenvalue weighted by atomic mass is 10.1. The van der Waals surface area contributed by atoms with Crippen molar-refractivity contribution in [2.45, 2.75) is 40.3 Å². The van der Waals surface area contributed by atoms with E-state index in [0.717, 1.165) is 5.56 Å². The van der Waals surface area contributed by atoms with Crippen LogP contribution in [0.25, 0.3) is 0 Å². The molecule has 3 rings (SSSR count). The summed E-state index contributed by atoms with van der Waals surface area (Å²) >= 11 is 6.36. The van der Waals surface area contributed by atoms with Crippen LogP contribution in [0.4, 0.5) is 0 Å². The number of aryl methyl sites for hydroxylation is 3. The van der Waals surface area contributed by atoms with E-state index in [4.69, 9.17) is 20.9 Å². The smallest absolute Gasteiger partial charge is 0.343 e. The molecule has 0 N–H and O–H groups in total. The minimum atomic E-state index is -0.570. The standard InChI is InChI=1S/C18H19ClN4O3/c1-4-14-20-15(26-22-14)10-25-18(24)16-12(3)21-23(17(16)19)9-13-7-5-11(2)6-8-13/h5-8H,4,9-10H2,1-3H3. The Hall–Kier alpha value is -2.67. The predicted molar refractivity (Wildman–Crippen MR) is 95.1 cm³/mol. The SMILES string of the molecule is CCc1noc(COC(=O)c2c(C)nn(Cc3ccc(C)cc3)c2Cl)n1. The molecule has 0 saturated heterocycles. The maximum Gasteiger partial charge on any atom is 0.343 e. The van der Waals surface area contributed by atoms with Crippen LogP contribution in [0.3, 0.4) is 0 Å². The van der Waals surface area contributed by atoms with E-state index >= 15 is 0 Å². The van der Waals surface area contributed by atoms with Crippen molar-refractivity contribution in [1.29, 1.82) is 0 Å². The van der Waals surface area contributed by atoms with Gasteiger partial charge in [0.15, 0.2) is 12.4 Å². The van der Waals surface area contributed by atoms with Crippen LogP contribution in [0.1, 0.15) is 45.8 Å². The minimum Gasteiger partial charge on any atom is -0.452 e. The highest BCUT2D eigenvalue weighted by atomic mass is 35.5. The quantitative estimate of drug-likeness (QED) is 0.614. The first-order valence-corrected chi connectivity index (χ1v) is 8.62. The maximum atomic E-state index is 12.4. The summed E-state index contributed by atoms with van der Waals surface area (Å²) in [5.41, 5.74) is 2.96. The third kappa shape index (κ3) is 3.94. The van der Waals surface area contributed by atoms with E-state index < -0.39 is 5.97 Å². The summed E-state index contributed by atoms with van der Waals surface area (Å²) in [6.07, 6.45) is 0.647. The summed E-state index contributed by atoms with van der Waals surface area (Å²) in [6, 6.07) is 8.04. The van der Waals surface area contributed by atoms with Crippen molar-refractivity contribution >= 4 is 17.6 Å². The predicted octanol–water partition coefficient (Wildman–Crippen LogP) is 3.50. The number of hydrogen-bond acceptors (Lipinski definition) is 6. The van der Waals surface area contributed by atoms with Crippen molar-refractivity contribution in [3.8, 4) is 0 Å². The van der Waals surface area contributed by atoms with Gasteiger partial charge in [-0.15, -0.1) is 0 Å². The summed E-state index contributed by atoms with van der Waals surface area (Å²) in [6.45, 7) is 6.01. The highest BCUT2D eigenvalue weighted by Crippen LogP contribution is 2.22. The molecule has 2 heterocycles. The number of halogens is 1. The van der Waals surface area contributed by atoms with E-state index in [1.54, 1.807) is 11.6 Å². The van der Waals surface area contributed by atoms with Gasteiger partial charge in [-0.1, -0.05) is 53.5 Å². The fourth-order valence-corrected chi connectivity index (χ4v) is 2.76. The molecule has 0 amide bonds. The van der Waals surface area contributed by atoms with Crippen molar-refractivity contribution in [2.24, 2.45) is 0 Å². The molecule has 0 aliphatic carbocycles. The first kappa shape index (κ1) is 18.1. The molecule has 0 aliphatic rings. The molecular formula is C18H19ClN4O3. The highest BCUT2D eigenvalue weighted by molar-refractivity contribution is 6.32. The number of carbonyl (C=O) groups is 1. The van der Waals surface area contributed by atoms with Gasteiger partial charge in [0.25, 0.3) is 5.89 Å². The van der Waals surface area contributed by atoms with Crippen LogP contribution in [-0.4, -0.2) is 25.9 Å². The number of ether oxygens (including phenoxy) is 1. The Kier molecular flexibility index (Phi) is 5.37. The first-order valence-electron chi connectivity index (χ1n) is 8.25. The van der Waals surface area contributed by atoms with Gasteiger partial charge in [0.05, 0.1) is 12.2 Å². The Labute approximate surface area is 155 Å². The van der Waals surface area contributed by atoms with Crippen molar-refractivity contribution in [2.75, 3.05) is 0 Å². The van der Waals surface area contributed by atoms with Gasteiger partial charge in [-0.3, -0.25) is 0 Å². The van der Waals surface area contributed by atoms with Crippen LogP contribution >= 0.6 is 11.6 Å². The van der Waals surface area contributed by atoms with Gasteiger partial charge in [0.2, 0.25) is 0 Å². The minimum absolute atomic E-state index is 0.106. The number of benzene rings is 1. The van der Waals surface area contributed by atoms with Crippen molar-refractivity contribution < 1.29 is 14.1 Å². The lowest BCUT2D eigenvalue weighted by Gasteiger charge is -2.05. The Morgan fingerprint density at radius 3 is 2.65 bits per heavy atom. The third-order valence-electron chi connectivity index (χ3n) is 3.88. The fraction of sp³-hybridized carbons (Fsp3) is 0.333. The summed E-state index contributed by atoms with van der Waals surface area (Å²) in [5.74, 6) is 0.242. The molecule has 3 aromatic rings. The first-order chi connectivity index (χ1) is 12.5. The van der Waals surface area contributed by atoms with E-state index in [0.29, 0.717) is 24.5 Å². The molecule has 26 heavy (non-hydrogen) atoms. The lowest BCUT2D eigenvalue weighted by molar-refractivity contribution is 0.0429. The molecule has 0 aliphatic heterocycles. The molecule has 0 bridgehead atoms. The van der Waals surface area contributed by atoms with Gasteiger partial charge < -0.3 is 9.26 Å². The molecule has 8 heteroatoms. The van der Waals surface area contributed by atoms with Gasteiger partial charge >= 0.3 is 5.97 Å². The monoisotopic (exact) mass is 374 g/mol. The number of rotatable bonds is 6. The fourth-order valence-electron chi connectivity index (χ4n) is 2.45. The van der Waals surface area contributed by atoms with Crippen LogP contribution in [0, 0.1) is 13.8 Å². The molecule has 1 aromatic carbocycles. The third-order valence-corrected chi connectivity index (χ3v) is 4.26. The molecule has 2 aromatic heterocycles. The van der Waals surface area contributed by atoms with E-state index in [2.05, 4.69) is 15.2 Å². The van der Waals surface area contributed by atoms with E-state index in [-0.39, 0.29) is 23.2 Å². The number of nitrogens with zero attached hydrogens (tertiary/aromatic N) is 4. The normalized spacial score (nSPS) is 10.9. The van der Waals surface area contributed by atoms with Crippen LogP contribution in [-0.2, 0) is 24.3 Å². The zero-order chi connectivity index (χ0) is 18.7. The Morgan fingerprint density at radius 1 is 1.27 bits per heavy atom. The lowest BCUT2D eigenvalue weighted by Crippen LogP contribution is -2.07. The van der Waals surface area contributed by atoms with E-state index in [9.17, 15) is 4.79 Å². The van der Waals surface area contributed by atoms with Gasteiger partial charge in [0, 0.05) is 6.42 Å². The number of carbonyl (C=O) groups excluding carboxylic acids is 1. The molecule has 0 unspecified atom stereocenters. The average Bonchev–Trinajstić information content (AvgIpc) is 3.19. The molecule has 0 radical (unpaired) electrons. The Bertz CT molecular complexity index is 915. The molecule has 0 spiro atoms. The van der Waals surface area contributed by atoms with Crippen LogP contribution in [0.15, 0.2) is 28.8 Å². The molecular weight excluding hydrogens is 356 g/mol. The van der Waals surface area contributed by atoms with Gasteiger partial charge in [-0.05, 0) is 19.4 Å². The summed E-state index contributed by atoms with van der Waals surface area (Å²) in [4.78, 5) is 16.5. The van der Waals surface area contributed by atoms with Gasteiger partial charge in [-0.25, -0.2) is 9.48 Å². The number of esters is 1. The van der Waals surface area contributed by atoms with E-state index in [1.807, 2.05) is 38.1 Å². The van der Waals surface area contributed by atoms with Crippen molar-refractivity contribution in [3.63, 3.8) is 0 Å². The van der Waals surface area contributed by atoms with Crippen molar-refractivity contribution in [3.05, 3.63) is 63.5 Å². The summed E-state index contributed by atoms with van der Waals surface area (Å²) in [7, 11) is 0. The highest BCUT2D eigenvalue weighted by Gasteiger charge is 2.22. The average molecular weight is 375 g/mol. The topological polar surface area (TPSA) is 83.0 Å².